The van der Waals surface area contributed by atoms with Crippen LogP contribution in [0.4, 0.5) is 0 Å². The Hall–Kier alpha value is -1.02. The molecule has 23 heavy (non-hydrogen) atoms. The maximum Gasteiger partial charge on any atom is 0.186 e. The van der Waals surface area contributed by atoms with Gasteiger partial charge >= 0.3 is 0 Å². The fraction of sp³-hybridized carbons (Fsp3) is 0.647. The van der Waals surface area contributed by atoms with Crippen molar-refractivity contribution in [2.75, 3.05) is 13.7 Å². The molecule has 3 saturated heterocycles. The summed E-state index contributed by atoms with van der Waals surface area (Å²) in [5, 5.41) is 0. The highest BCUT2D eigenvalue weighted by Gasteiger charge is 2.57. The number of fused-ring (bicyclic) bond motifs is 3. The van der Waals surface area contributed by atoms with Gasteiger partial charge in [-0.2, -0.15) is 0 Å². The lowest BCUT2D eigenvalue weighted by Gasteiger charge is -2.45. The first-order valence-electron chi connectivity index (χ1n) is 7.93. The topological polar surface area (TPSA) is 55.4 Å². The van der Waals surface area contributed by atoms with Gasteiger partial charge < -0.3 is 28.4 Å². The van der Waals surface area contributed by atoms with Gasteiger partial charge in [-0.15, -0.1) is 0 Å². The number of ether oxygens (including phenoxy) is 6. The second-order valence-electron chi connectivity index (χ2n) is 6.52. The standard InChI is InChI=1S/C17H22O6/c1-17(2)22-13-12-11(20-16(18-3)14(13)23-17)9-19-15(21-12)10-7-5-4-6-8-10/h4-8,11-16H,9H2,1-3H3/t11?,12-,13?,14?,15?,16+/m1/s1. The lowest BCUT2D eigenvalue weighted by molar-refractivity contribution is -0.343. The minimum atomic E-state index is -0.686. The molecular weight excluding hydrogens is 300 g/mol. The van der Waals surface area contributed by atoms with Gasteiger partial charge in [0.25, 0.3) is 0 Å². The van der Waals surface area contributed by atoms with E-state index in [0.29, 0.717) is 6.61 Å². The summed E-state index contributed by atoms with van der Waals surface area (Å²) in [6.07, 6.45) is -1.96. The molecule has 6 heteroatoms. The van der Waals surface area contributed by atoms with Crippen LogP contribution in [0.2, 0.25) is 0 Å². The summed E-state index contributed by atoms with van der Waals surface area (Å²) in [6, 6.07) is 9.87. The fourth-order valence-electron chi connectivity index (χ4n) is 3.46. The van der Waals surface area contributed by atoms with Crippen molar-refractivity contribution in [3.8, 4) is 0 Å². The van der Waals surface area contributed by atoms with Crippen LogP contribution < -0.4 is 0 Å². The van der Waals surface area contributed by atoms with E-state index in [-0.39, 0.29) is 24.4 Å². The minimum Gasteiger partial charge on any atom is -0.353 e. The molecule has 0 bridgehead atoms. The molecule has 3 aliphatic rings. The van der Waals surface area contributed by atoms with Gasteiger partial charge in [0.15, 0.2) is 18.4 Å². The third-order valence-corrected chi connectivity index (χ3v) is 4.43. The van der Waals surface area contributed by atoms with Crippen molar-refractivity contribution >= 4 is 0 Å². The Labute approximate surface area is 135 Å². The molecule has 0 radical (unpaired) electrons. The van der Waals surface area contributed by atoms with Gasteiger partial charge in [-0.3, -0.25) is 0 Å². The Morgan fingerprint density at radius 3 is 2.48 bits per heavy atom. The summed E-state index contributed by atoms with van der Waals surface area (Å²) < 4.78 is 35.4. The monoisotopic (exact) mass is 322 g/mol. The van der Waals surface area contributed by atoms with E-state index < -0.39 is 18.4 Å². The molecule has 3 aliphatic heterocycles. The van der Waals surface area contributed by atoms with E-state index in [1.807, 2.05) is 44.2 Å². The zero-order valence-corrected chi connectivity index (χ0v) is 13.5. The summed E-state index contributed by atoms with van der Waals surface area (Å²) in [4.78, 5) is 0. The van der Waals surface area contributed by atoms with E-state index in [4.69, 9.17) is 28.4 Å². The van der Waals surface area contributed by atoms with Crippen molar-refractivity contribution in [3.63, 3.8) is 0 Å². The zero-order chi connectivity index (χ0) is 16.0. The fourth-order valence-corrected chi connectivity index (χ4v) is 3.46. The van der Waals surface area contributed by atoms with Crippen LogP contribution in [0, 0.1) is 0 Å². The highest BCUT2D eigenvalue weighted by Crippen LogP contribution is 2.42. The zero-order valence-electron chi connectivity index (χ0n) is 13.5. The minimum absolute atomic E-state index is 0.237. The molecule has 0 aliphatic carbocycles. The first-order chi connectivity index (χ1) is 11.1. The second-order valence-corrected chi connectivity index (χ2v) is 6.52. The molecule has 126 valence electrons. The molecule has 3 fully saturated rings. The van der Waals surface area contributed by atoms with Gasteiger partial charge in [-0.05, 0) is 13.8 Å². The molecule has 4 rings (SSSR count). The predicted molar refractivity (Wildman–Crippen MR) is 79.5 cm³/mol. The smallest absolute Gasteiger partial charge is 0.186 e. The second kappa shape index (κ2) is 5.81. The molecule has 0 amide bonds. The van der Waals surface area contributed by atoms with Crippen LogP contribution in [-0.4, -0.2) is 50.2 Å². The van der Waals surface area contributed by atoms with Gasteiger partial charge in [0, 0.05) is 12.7 Å². The summed E-state index contributed by atoms with van der Waals surface area (Å²) in [5.41, 5.74) is 0.981. The molecule has 0 saturated carbocycles. The normalized spacial score (nSPS) is 42.0. The quantitative estimate of drug-likeness (QED) is 0.830. The van der Waals surface area contributed by atoms with E-state index in [2.05, 4.69) is 0 Å². The molecule has 6 nitrogen and oxygen atoms in total. The summed E-state index contributed by atoms with van der Waals surface area (Å²) in [6.45, 7) is 4.21. The van der Waals surface area contributed by atoms with Gasteiger partial charge in [-0.25, -0.2) is 0 Å². The lowest BCUT2D eigenvalue weighted by atomic mass is 9.98. The summed E-state index contributed by atoms with van der Waals surface area (Å²) in [7, 11) is 1.61. The van der Waals surface area contributed by atoms with Crippen molar-refractivity contribution in [2.24, 2.45) is 0 Å². The maximum absolute atomic E-state index is 6.17. The van der Waals surface area contributed by atoms with Gasteiger partial charge in [0.1, 0.15) is 24.4 Å². The van der Waals surface area contributed by atoms with Crippen molar-refractivity contribution < 1.29 is 28.4 Å². The first kappa shape index (κ1) is 15.5. The van der Waals surface area contributed by atoms with E-state index in [1.165, 1.54) is 0 Å². The first-order valence-corrected chi connectivity index (χ1v) is 7.93. The van der Waals surface area contributed by atoms with Crippen LogP contribution in [0.25, 0.3) is 0 Å². The van der Waals surface area contributed by atoms with Crippen LogP contribution in [0.5, 0.6) is 0 Å². The number of rotatable bonds is 2. The Balaban J connectivity index is 1.57. The van der Waals surface area contributed by atoms with Crippen LogP contribution in [0.15, 0.2) is 30.3 Å². The molecule has 0 aromatic heterocycles. The molecule has 1 aromatic rings. The maximum atomic E-state index is 6.17. The number of benzene rings is 1. The van der Waals surface area contributed by atoms with Crippen LogP contribution in [0.3, 0.4) is 0 Å². The predicted octanol–water partition coefficient (Wildman–Crippen LogP) is 1.99. The number of hydrogen-bond donors (Lipinski definition) is 0. The Morgan fingerprint density at radius 2 is 1.74 bits per heavy atom. The molecular formula is C17H22O6. The molecule has 4 unspecified atom stereocenters. The lowest BCUT2D eigenvalue weighted by Crippen LogP contribution is -2.61. The highest BCUT2D eigenvalue weighted by atomic mass is 16.8. The molecule has 3 heterocycles. The Kier molecular flexibility index (Phi) is 3.91. The highest BCUT2D eigenvalue weighted by molar-refractivity contribution is 5.16. The Morgan fingerprint density at radius 1 is 1.00 bits per heavy atom. The van der Waals surface area contributed by atoms with E-state index >= 15 is 0 Å². The van der Waals surface area contributed by atoms with Gasteiger partial charge in [0.2, 0.25) is 0 Å². The average molecular weight is 322 g/mol. The number of hydrogen-bond acceptors (Lipinski definition) is 6. The van der Waals surface area contributed by atoms with E-state index in [9.17, 15) is 0 Å². The summed E-state index contributed by atoms with van der Waals surface area (Å²) >= 11 is 0. The third-order valence-electron chi connectivity index (χ3n) is 4.43. The van der Waals surface area contributed by atoms with E-state index in [0.717, 1.165) is 5.56 Å². The van der Waals surface area contributed by atoms with Crippen LogP contribution >= 0.6 is 0 Å². The molecule has 0 spiro atoms. The SMILES string of the molecule is CO[C@H]1OC2COC(c3ccccc3)O[C@H]2C2OC(C)(C)OC21. The molecule has 0 N–H and O–H groups in total. The van der Waals surface area contributed by atoms with Gasteiger partial charge in [-0.1, -0.05) is 30.3 Å². The molecule has 6 atom stereocenters. The van der Waals surface area contributed by atoms with Crippen LogP contribution in [-0.2, 0) is 28.4 Å². The van der Waals surface area contributed by atoms with Crippen molar-refractivity contribution in [1.29, 1.82) is 0 Å². The number of methoxy groups -OCH3 is 1. The largest absolute Gasteiger partial charge is 0.353 e. The van der Waals surface area contributed by atoms with E-state index in [1.54, 1.807) is 7.11 Å². The van der Waals surface area contributed by atoms with Crippen molar-refractivity contribution in [1.82, 2.24) is 0 Å². The van der Waals surface area contributed by atoms with Crippen molar-refractivity contribution in [2.45, 2.75) is 56.6 Å². The van der Waals surface area contributed by atoms with Crippen LogP contribution in [0.1, 0.15) is 25.7 Å². The Bertz CT molecular complexity index is 547. The molecule has 1 aromatic carbocycles. The average Bonchev–Trinajstić information content (AvgIpc) is 2.90. The third kappa shape index (κ3) is 2.80. The van der Waals surface area contributed by atoms with Gasteiger partial charge in [0.05, 0.1) is 6.61 Å². The summed E-state index contributed by atoms with van der Waals surface area (Å²) in [5.74, 6) is -0.686. The van der Waals surface area contributed by atoms with Crippen molar-refractivity contribution in [3.05, 3.63) is 35.9 Å².